The lowest BCUT2D eigenvalue weighted by molar-refractivity contribution is 0.194. The fourth-order valence-corrected chi connectivity index (χ4v) is 1.06. The number of aromatic nitrogens is 1. The summed E-state index contributed by atoms with van der Waals surface area (Å²) in [7, 11) is 0. The van der Waals surface area contributed by atoms with Crippen LogP contribution in [-0.2, 0) is 0 Å². The van der Waals surface area contributed by atoms with E-state index in [1.54, 1.807) is 6.92 Å². The molecule has 0 saturated carbocycles. The van der Waals surface area contributed by atoms with E-state index in [2.05, 4.69) is 4.98 Å². The zero-order valence-corrected chi connectivity index (χ0v) is 6.71. The van der Waals surface area contributed by atoms with E-state index in [-0.39, 0.29) is 10.8 Å². The summed E-state index contributed by atoms with van der Waals surface area (Å²) in [4.78, 5) is 3.75. The number of hydrogen-bond acceptors (Lipinski definition) is 3. The maximum atomic E-state index is 9.07. The Kier molecular flexibility index (Phi) is 2.31. The van der Waals surface area contributed by atoms with E-state index in [0.29, 0.717) is 5.69 Å². The molecule has 0 saturated heterocycles. The Hall–Kier alpha value is -0.800. The Bertz CT molecular complexity index is 263. The lowest BCUT2D eigenvalue weighted by Gasteiger charge is -2.04. The monoisotopic (exact) mass is 173 g/mol. The molecule has 11 heavy (non-hydrogen) atoms. The van der Waals surface area contributed by atoms with Crippen LogP contribution in [-0.4, -0.2) is 15.2 Å². The molecule has 0 aliphatic carbocycles. The van der Waals surface area contributed by atoms with E-state index in [1.807, 2.05) is 0 Å². The number of rotatable bonds is 1. The van der Waals surface area contributed by atoms with Crippen molar-refractivity contribution in [1.82, 2.24) is 4.98 Å². The van der Waals surface area contributed by atoms with Gasteiger partial charge in [-0.3, -0.25) is 4.98 Å². The van der Waals surface area contributed by atoms with Crippen molar-refractivity contribution in [2.75, 3.05) is 0 Å². The van der Waals surface area contributed by atoms with Crippen LogP contribution in [0.25, 0.3) is 0 Å². The largest absolute Gasteiger partial charge is 0.506 e. The zero-order valence-electron chi connectivity index (χ0n) is 5.95. The van der Waals surface area contributed by atoms with Gasteiger partial charge in [0, 0.05) is 6.07 Å². The van der Waals surface area contributed by atoms with Gasteiger partial charge in [0.2, 0.25) is 0 Å². The minimum absolute atomic E-state index is 0.000556. The normalized spacial score (nSPS) is 13.0. The molecule has 0 spiro atoms. The maximum Gasteiger partial charge on any atom is 0.135 e. The Morgan fingerprint density at radius 3 is 2.73 bits per heavy atom. The lowest BCUT2D eigenvalue weighted by atomic mass is 10.2. The molecule has 3 nitrogen and oxygen atoms in total. The fourth-order valence-electron chi connectivity index (χ4n) is 0.746. The fraction of sp³-hybridized carbons (Fsp3) is 0.286. The second kappa shape index (κ2) is 3.07. The molecule has 0 fully saturated rings. The summed E-state index contributed by atoms with van der Waals surface area (Å²) < 4.78 is 0. The first kappa shape index (κ1) is 8.30. The molecule has 60 valence electrons. The Labute approximate surface area is 69.3 Å². The third-order valence-corrected chi connectivity index (χ3v) is 1.55. The molecule has 0 radical (unpaired) electrons. The molecule has 1 heterocycles. The van der Waals surface area contributed by atoms with Crippen LogP contribution >= 0.6 is 11.6 Å². The summed E-state index contributed by atoms with van der Waals surface area (Å²) in [5.41, 5.74) is 0.379. The Morgan fingerprint density at radius 1 is 1.64 bits per heavy atom. The number of aliphatic hydroxyl groups is 1. The van der Waals surface area contributed by atoms with E-state index in [1.165, 1.54) is 12.3 Å². The highest BCUT2D eigenvalue weighted by Gasteiger charge is 2.07. The first-order valence-corrected chi connectivity index (χ1v) is 3.51. The average Bonchev–Trinajstić information content (AvgIpc) is 1.85. The van der Waals surface area contributed by atoms with Crippen LogP contribution in [0.1, 0.15) is 18.7 Å². The van der Waals surface area contributed by atoms with Gasteiger partial charge in [0.25, 0.3) is 0 Å². The molecule has 0 aliphatic heterocycles. The average molecular weight is 174 g/mol. The van der Waals surface area contributed by atoms with Crippen LogP contribution in [0.2, 0.25) is 5.02 Å². The highest BCUT2D eigenvalue weighted by Crippen LogP contribution is 2.23. The zero-order chi connectivity index (χ0) is 8.43. The molecular formula is C7H8ClNO2. The van der Waals surface area contributed by atoms with Gasteiger partial charge in [-0.15, -0.1) is 0 Å². The second-order valence-corrected chi connectivity index (χ2v) is 2.64. The highest BCUT2D eigenvalue weighted by atomic mass is 35.5. The van der Waals surface area contributed by atoms with Crippen molar-refractivity contribution in [1.29, 1.82) is 0 Å². The number of pyridine rings is 1. The smallest absolute Gasteiger partial charge is 0.135 e. The van der Waals surface area contributed by atoms with Gasteiger partial charge in [-0.05, 0) is 6.92 Å². The van der Waals surface area contributed by atoms with Crippen LogP contribution in [0.15, 0.2) is 12.3 Å². The van der Waals surface area contributed by atoms with Gasteiger partial charge in [0.05, 0.1) is 23.0 Å². The molecule has 4 heteroatoms. The predicted octanol–water partition coefficient (Wildman–Crippen LogP) is 1.49. The Balaban J connectivity index is 3.09. The van der Waals surface area contributed by atoms with Crippen LogP contribution in [0, 0.1) is 0 Å². The van der Waals surface area contributed by atoms with E-state index in [0.717, 1.165) is 0 Å². The van der Waals surface area contributed by atoms with E-state index < -0.39 is 6.10 Å². The molecule has 1 atom stereocenters. The quantitative estimate of drug-likeness (QED) is 0.677. The molecule has 0 bridgehead atoms. The van der Waals surface area contributed by atoms with Crippen molar-refractivity contribution in [3.8, 4) is 5.75 Å². The maximum absolute atomic E-state index is 9.07. The minimum atomic E-state index is -0.705. The van der Waals surface area contributed by atoms with Crippen LogP contribution in [0.4, 0.5) is 0 Å². The lowest BCUT2D eigenvalue weighted by Crippen LogP contribution is -1.95. The SMILES string of the molecule is C[C@@H](O)c1ncc(O)cc1Cl. The van der Waals surface area contributed by atoms with Crippen molar-refractivity contribution >= 4 is 11.6 Å². The summed E-state index contributed by atoms with van der Waals surface area (Å²) in [5.74, 6) is -0.000556. The third kappa shape index (κ3) is 1.82. The number of halogens is 1. The van der Waals surface area contributed by atoms with Gasteiger partial charge in [-0.25, -0.2) is 0 Å². The minimum Gasteiger partial charge on any atom is -0.506 e. The standard InChI is InChI=1S/C7H8ClNO2/c1-4(10)7-6(8)2-5(11)3-9-7/h2-4,10-11H,1H3/t4-/m1/s1. The van der Waals surface area contributed by atoms with Gasteiger partial charge in [0.15, 0.2) is 0 Å². The van der Waals surface area contributed by atoms with E-state index in [4.69, 9.17) is 21.8 Å². The van der Waals surface area contributed by atoms with Crippen molar-refractivity contribution < 1.29 is 10.2 Å². The van der Waals surface area contributed by atoms with Crippen LogP contribution in [0.5, 0.6) is 5.75 Å². The third-order valence-electron chi connectivity index (χ3n) is 1.25. The van der Waals surface area contributed by atoms with Crippen molar-refractivity contribution in [3.05, 3.63) is 23.0 Å². The number of nitrogens with zero attached hydrogens (tertiary/aromatic N) is 1. The molecule has 1 rings (SSSR count). The molecule has 0 unspecified atom stereocenters. The number of aliphatic hydroxyl groups excluding tert-OH is 1. The van der Waals surface area contributed by atoms with E-state index >= 15 is 0 Å². The van der Waals surface area contributed by atoms with Crippen LogP contribution < -0.4 is 0 Å². The van der Waals surface area contributed by atoms with Gasteiger partial charge in [-0.1, -0.05) is 11.6 Å². The molecule has 1 aromatic heterocycles. The van der Waals surface area contributed by atoms with Crippen molar-refractivity contribution in [2.45, 2.75) is 13.0 Å². The second-order valence-electron chi connectivity index (χ2n) is 2.24. The highest BCUT2D eigenvalue weighted by molar-refractivity contribution is 6.31. The summed E-state index contributed by atoms with van der Waals surface area (Å²) in [6.45, 7) is 1.56. The number of aromatic hydroxyl groups is 1. The molecule has 0 aromatic carbocycles. The summed E-state index contributed by atoms with van der Waals surface area (Å²) in [5, 5.41) is 18.2. The van der Waals surface area contributed by atoms with Crippen molar-refractivity contribution in [3.63, 3.8) is 0 Å². The van der Waals surface area contributed by atoms with Crippen LogP contribution in [0.3, 0.4) is 0 Å². The molecule has 0 amide bonds. The van der Waals surface area contributed by atoms with Crippen molar-refractivity contribution in [2.24, 2.45) is 0 Å². The van der Waals surface area contributed by atoms with Gasteiger partial charge in [0.1, 0.15) is 5.75 Å². The van der Waals surface area contributed by atoms with Gasteiger partial charge in [-0.2, -0.15) is 0 Å². The van der Waals surface area contributed by atoms with Gasteiger partial charge >= 0.3 is 0 Å². The summed E-state index contributed by atoms with van der Waals surface area (Å²) >= 11 is 5.64. The number of hydrogen-bond donors (Lipinski definition) is 2. The topological polar surface area (TPSA) is 53.4 Å². The Morgan fingerprint density at radius 2 is 2.27 bits per heavy atom. The molecule has 0 aliphatic rings. The van der Waals surface area contributed by atoms with Gasteiger partial charge < -0.3 is 10.2 Å². The summed E-state index contributed by atoms with van der Waals surface area (Å²) in [6.07, 6.45) is 0.539. The summed E-state index contributed by atoms with van der Waals surface area (Å²) in [6, 6.07) is 1.34. The first-order valence-electron chi connectivity index (χ1n) is 3.13. The first-order chi connectivity index (χ1) is 5.11. The van der Waals surface area contributed by atoms with E-state index in [9.17, 15) is 0 Å². The molecule has 1 aromatic rings. The molecular weight excluding hydrogens is 166 g/mol. The predicted molar refractivity (Wildman–Crippen MR) is 41.5 cm³/mol. The molecule has 2 N–H and O–H groups in total.